The molecule has 1 N–H and O–H groups in total. The van der Waals surface area contributed by atoms with Crippen LogP contribution in [-0.2, 0) is 6.54 Å². The summed E-state index contributed by atoms with van der Waals surface area (Å²) in [5, 5.41) is 5.18. The molecule has 0 fully saturated rings. The van der Waals surface area contributed by atoms with Gasteiger partial charge in [-0.05, 0) is 35.9 Å². The van der Waals surface area contributed by atoms with Crippen LogP contribution in [-0.4, -0.2) is 6.04 Å². The van der Waals surface area contributed by atoms with Gasteiger partial charge in [-0.25, -0.2) is 0 Å². The molecule has 0 saturated carbocycles. The van der Waals surface area contributed by atoms with Crippen LogP contribution in [0.1, 0.15) is 19.4 Å². The number of rotatable bonds is 4. The third-order valence-corrected chi connectivity index (χ3v) is 3.64. The second kappa shape index (κ2) is 5.92. The van der Waals surface area contributed by atoms with Gasteiger partial charge in [0.1, 0.15) is 11.3 Å². The molecule has 1 heterocycles. The fourth-order valence-corrected chi connectivity index (χ4v) is 2.49. The van der Waals surface area contributed by atoms with E-state index in [0.29, 0.717) is 6.04 Å². The van der Waals surface area contributed by atoms with E-state index in [1.807, 2.05) is 24.3 Å². The van der Waals surface area contributed by atoms with Crippen LogP contribution in [0.2, 0.25) is 5.02 Å². The maximum Gasteiger partial charge on any atom is 0.135 e. The number of benzene rings is 2. The minimum atomic E-state index is 0.474. The Labute approximate surface area is 129 Å². The van der Waals surface area contributed by atoms with Crippen molar-refractivity contribution in [3.63, 3.8) is 0 Å². The number of furan rings is 1. The summed E-state index contributed by atoms with van der Waals surface area (Å²) in [6.07, 6.45) is 0. The first-order valence-corrected chi connectivity index (χ1v) is 7.51. The highest BCUT2D eigenvalue weighted by atomic mass is 35.5. The SMILES string of the molecule is CC(C)NCc1cccc(-c2cc3cc(Cl)ccc3o2)c1. The van der Waals surface area contributed by atoms with E-state index in [2.05, 4.69) is 43.4 Å². The van der Waals surface area contributed by atoms with Gasteiger partial charge in [-0.2, -0.15) is 0 Å². The molecule has 0 unspecified atom stereocenters. The van der Waals surface area contributed by atoms with Gasteiger partial charge >= 0.3 is 0 Å². The molecule has 0 aliphatic heterocycles. The Balaban J connectivity index is 1.92. The van der Waals surface area contributed by atoms with E-state index in [9.17, 15) is 0 Å². The first-order valence-electron chi connectivity index (χ1n) is 7.13. The number of hydrogen-bond donors (Lipinski definition) is 1. The van der Waals surface area contributed by atoms with Gasteiger partial charge in [-0.15, -0.1) is 0 Å². The van der Waals surface area contributed by atoms with Crippen molar-refractivity contribution in [2.45, 2.75) is 26.4 Å². The highest BCUT2D eigenvalue weighted by molar-refractivity contribution is 6.31. The molecule has 3 aromatic rings. The van der Waals surface area contributed by atoms with Crippen molar-refractivity contribution < 1.29 is 4.42 Å². The molecule has 0 saturated heterocycles. The van der Waals surface area contributed by atoms with Gasteiger partial charge in [-0.1, -0.05) is 43.6 Å². The molecule has 2 nitrogen and oxygen atoms in total. The lowest BCUT2D eigenvalue weighted by Crippen LogP contribution is -2.21. The first-order chi connectivity index (χ1) is 10.1. The number of nitrogens with one attached hydrogen (secondary N) is 1. The molecule has 3 rings (SSSR count). The average molecular weight is 300 g/mol. The molecule has 3 heteroatoms. The zero-order chi connectivity index (χ0) is 14.8. The summed E-state index contributed by atoms with van der Waals surface area (Å²) < 4.78 is 5.91. The standard InChI is InChI=1S/C18H18ClNO/c1-12(2)20-11-13-4-3-5-14(8-13)18-10-15-9-16(19)6-7-17(15)21-18/h3-10,12,20H,11H2,1-2H3. The number of fused-ring (bicyclic) bond motifs is 1. The smallest absolute Gasteiger partial charge is 0.135 e. The summed E-state index contributed by atoms with van der Waals surface area (Å²) in [4.78, 5) is 0. The average Bonchev–Trinajstić information content (AvgIpc) is 2.88. The molecule has 0 aliphatic rings. The van der Waals surface area contributed by atoms with Crippen molar-refractivity contribution in [2.75, 3.05) is 0 Å². The van der Waals surface area contributed by atoms with Crippen LogP contribution < -0.4 is 5.32 Å². The molecular weight excluding hydrogens is 282 g/mol. The van der Waals surface area contributed by atoms with Gasteiger partial charge in [0.2, 0.25) is 0 Å². The van der Waals surface area contributed by atoms with Crippen molar-refractivity contribution in [1.82, 2.24) is 5.32 Å². The van der Waals surface area contributed by atoms with Crippen molar-refractivity contribution in [2.24, 2.45) is 0 Å². The molecule has 108 valence electrons. The van der Waals surface area contributed by atoms with E-state index in [0.717, 1.165) is 33.9 Å². The van der Waals surface area contributed by atoms with Crippen molar-refractivity contribution in [3.8, 4) is 11.3 Å². The fraction of sp³-hybridized carbons (Fsp3) is 0.222. The molecule has 0 atom stereocenters. The zero-order valence-electron chi connectivity index (χ0n) is 12.2. The minimum Gasteiger partial charge on any atom is -0.456 e. The van der Waals surface area contributed by atoms with Crippen LogP contribution in [0, 0.1) is 0 Å². The van der Waals surface area contributed by atoms with Gasteiger partial charge < -0.3 is 9.73 Å². The van der Waals surface area contributed by atoms with Crippen LogP contribution >= 0.6 is 11.6 Å². The molecule has 0 spiro atoms. The van der Waals surface area contributed by atoms with Gasteiger partial charge in [0.15, 0.2) is 0 Å². The van der Waals surface area contributed by atoms with E-state index >= 15 is 0 Å². The van der Waals surface area contributed by atoms with Crippen LogP contribution in [0.4, 0.5) is 0 Å². The Morgan fingerprint density at radius 3 is 2.76 bits per heavy atom. The molecule has 2 aromatic carbocycles. The van der Waals surface area contributed by atoms with E-state index in [-0.39, 0.29) is 0 Å². The summed E-state index contributed by atoms with van der Waals surface area (Å²) in [5.41, 5.74) is 3.20. The quantitative estimate of drug-likeness (QED) is 0.711. The summed E-state index contributed by atoms with van der Waals surface area (Å²) >= 11 is 6.02. The fourth-order valence-electron chi connectivity index (χ4n) is 2.31. The van der Waals surface area contributed by atoms with Crippen LogP contribution in [0.15, 0.2) is 52.9 Å². The van der Waals surface area contributed by atoms with Gasteiger partial charge in [-0.3, -0.25) is 0 Å². The van der Waals surface area contributed by atoms with Gasteiger partial charge in [0, 0.05) is 28.6 Å². The van der Waals surface area contributed by atoms with Crippen LogP contribution in [0.5, 0.6) is 0 Å². The third-order valence-electron chi connectivity index (χ3n) is 3.40. The molecule has 0 aliphatic carbocycles. The number of halogens is 1. The van der Waals surface area contributed by atoms with E-state index in [4.69, 9.17) is 16.0 Å². The van der Waals surface area contributed by atoms with Gasteiger partial charge in [0.25, 0.3) is 0 Å². The first kappa shape index (κ1) is 14.2. The van der Waals surface area contributed by atoms with Crippen molar-refractivity contribution in [1.29, 1.82) is 0 Å². The predicted molar refractivity (Wildman–Crippen MR) is 88.6 cm³/mol. The minimum absolute atomic E-state index is 0.474. The highest BCUT2D eigenvalue weighted by Gasteiger charge is 2.07. The Hall–Kier alpha value is -1.77. The Morgan fingerprint density at radius 1 is 1.10 bits per heavy atom. The van der Waals surface area contributed by atoms with Crippen LogP contribution in [0.3, 0.4) is 0 Å². The lowest BCUT2D eigenvalue weighted by atomic mass is 10.1. The van der Waals surface area contributed by atoms with Crippen LogP contribution in [0.25, 0.3) is 22.3 Å². The normalized spacial score (nSPS) is 11.4. The Kier molecular flexibility index (Phi) is 4.00. The van der Waals surface area contributed by atoms with Crippen molar-refractivity contribution in [3.05, 3.63) is 59.1 Å². The van der Waals surface area contributed by atoms with Gasteiger partial charge in [0.05, 0.1) is 0 Å². The largest absolute Gasteiger partial charge is 0.456 e. The molecule has 1 aromatic heterocycles. The summed E-state index contributed by atoms with van der Waals surface area (Å²) in [6.45, 7) is 5.15. The highest BCUT2D eigenvalue weighted by Crippen LogP contribution is 2.29. The summed E-state index contributed by atoms with van der Waals surface area (Å²) in [6, 6.07) is 16.6. The topological polar surface area (TPSA) is 25.2 Å². The number of hydrogen-bond acceptors (Lipinski definition) is 2. The predicted octanol–water partition coefficient (Wildman–Crippen LogP) is 5.25. The van der Waals surface area contributed by atoms with E-state index < -0.39 is 0 Å². The maximum atomic E-state index is 6.02. The lowest BCUT2D eigenvalue weighted by Gasteiger charge is -2.08. The summed E-state index contributed by atoms with van der Waals surface area (Å²) in [7, 11) is 0. The molecule has 0 amide bonds. The molecule has 0 radical (unpaired) electrons. The van der Waals surface area contributed by atoms with E-state index in [1.165, 1.54) is 5.56 Å². The molecule has 0 bridgehead atoms. The molecular formula is C18H18ClNO. The zero-order valence-corrected chi connectivity index (χ0v) is 12.9. The second-order valence-corrected chi connectivity index (χ2v) is 5.97. The second-order valence-electron chi connectivity index (χ2n) is 5.53. The Morgan fingerprint density at radius 2 is 1.95 bits per heavy atom. The summed E-state index contributed by atoms with van der Waals surface area (Å²) in [5.74, 6) is 0.874. The molecule has 21 heavy (non-hydrogen) atoms. The monoisotopic (exact) mass is 299 g/mol. The van der Waals surface area contributed by atoms with E-state index in [1.54, 1.807) is 0 Å². The van der Waals surface area contributed by atoms with Crippen molar-refractivity contribution >= 4 is 22.6 Å². The maximum absolute atomic E-state index is 6.02. The Bertz CT molecular complexity index is 761. The lowest BCUT2D eigenvalue weighted by molar-refractivity contribution is 0.588. The third kappa shape index (κ3) is 3.29.